The van der Waals surface area contributed by atoms with Gasteiger partial charge in [0.15, 0.2) is 5.82 Å². The lowest BCUT2D eigenvalue weighted by molar-refractivity contribution is -0.274. The van der Waals surface area contributed by atoms with Gasteiger partial charge in [-0.05, 0) is 61.7 Å². The zero-order valence-corrected chi connectivity index (χ0v) is 22.1. The van der Waals surface area contributed by atoms with Crippen molar-refractivity contribution in [3.8, 4) is 5.75 Å². The minimum atomic E-state index is -4.93. The maximum Gasteiger partial charge on any atom is 0.573 e. The molecule has 0 fully saturated rings. The van der Waals surface area contributed by atoms with Gasteiger partial charge in [-0.1, -0.05) is 17.4 Å². The second-order valence-corrected chi connectivity index (χ2v) is 9.75. The lowest BCUT2D eigenvalue weighted by Gasteiger charge is -2.11. The van der Waals surface area contributed by atoms with Crippen LogP contribution >= 0.6 is 11.3 Å². The third kappa shape index (κ3) is 9.86. The molecule has 0 saturated heterocycles. The van der Waals surface area contributed by atoms with E-state index >= 15 is 0 Å². The van der Waals surface area contributed by atoms with Crippen LogP contribution in [0.2, 0.25) is 0 Å². The van der Waals surface area contributed by atoms with Crippen molar-refractivity contribution in [3.63, 3.8) is 0 Å². The molecular weight excluding hydrogens is 566 g/mol. The van der Waals surface area contributed by atoms with Crippen LogP contribution in [0.3, 0.4) is 0 Å². The number of anilines is 2. The number of unbranched alkanes of at least 4 members (excludes halogenated alkanes) is 1. The zero-order chi connectivity index (χ0) is 29.2. The van der Waals surface area contributed by atoms with Crippen LogP contribution in [0, 0.1) is 5.82 Å². The van der Waals surface area contributed by atoms with Gasteiger partial charge in [-0.25, -0.2) is 4.39 Å². The number of nitrogens with one attached hydrogen (secondary N) is 2. The Morgan fingerprint density at radius 2 is 1.66 bits per heavy atom. The van der Waals surface area contributed by atoms with Crippen LogP contribution in [0.5, 0.6) is 5.75 Å². The topological polar surface area (TPSA) is 132 Å². The molecule has 0 aliphatic rings. The van der Waals surface area contributed by atoms with Crippen molar-refractivity contribution in [2.24, 2.45) is 0 Å². The Bertz CT molecular complexity index is 1470. The van der Waals surface area contributed by atoms with E-state index in [-0.39, 0.29) is 23.7 Å². The first-order valence-corrected chi connectivity index (χ1v) is 13.1. The number of carbonyl (C=O) groups is 2. The molecule has 0 aliphatic heterocycles. The lowest BCUT2D eigenvalue weighted by atomic mass is 10.1. The molecule has 0 aliphatic carbocycles. The van der Waals surface area contributed by atoms with Crippen LogP contribution in [0.1, 0.15) is 34.8 Å². The quantitative estimate of drug-likeness (QED) is 0.180. The van der Waals surface area contributed by atoms with Gasteiger partial charge in [-0.15, -0.1) is 28.5 Å². The van der Waals surface area contributed by atoms with Crippen molar-refractivity contribution >= 4 is 34.1 Å². The van der Waals surface area contributed by atoms with Crippen LogP contribution in [0.15, 0.2) is 54.7 Å². The van der Waals surface area contributed by atoms with E-state index in [1.165, 1.54) is 17.4 Å². The van der Waals surface area contributed by atoms with Gasteiger partial charge in [-0.3, -0.25) is 14.6 Å². The van der Waals surface area contributed by atoms with Crippen molar-refractivity contribution in [2.75, 3.05) is 10.6 Å². The van der Waals surface area contributed by atoms with E-state index in [0.717, 1.165) is 36.0 Å². The van der Waals surface area contributed by atoms with E-state index in [1.54, 1.807) is 24.4 Å². The number of nitrogens with zero attached hydrogens (tertiary/aromatic N) is 5. The first-order valence-electron chi connectivity index (χ1n) is 12.3. The molecule has 10 nitrogen and oxygen atoms in total. The number of alkyl halides is 3. The average Bonchev–Trinajstić information content (AvgIpc) is 3.36. The summed E-state index contributed by atoms with van der Waals surface area (Å²) in [5.74, 6) is -2.25. The highest BCUT2D eigenvalue weighted by molar-refractivity contribution is 7.15. The van der Waals surface area contributed by atoms with Gasteiger partial charge < -0.3 is 15.4 Å². The molecule has 2 N–H and O–H groups in total. The Hall–Kier alpha value is -4.53. The molecule has 214 valence electrons. The minimum absolute atomic E-state index is 0.119. The number of carbonyl (C=O) groups excluding carboxylic acids is 2. The number of rotatable bonds is 12. The first kappa shape index (κ1) is 29.5. The fraction of sp³-hybridized carbons (Fsp3) is 0.269. The second-order valence-electron chi connectivity index (χ2n) is 8.69. The Labute approximate surface area is 235 Å². The summed E-state index contributed by atoms with van der Waals surface area (Å²) in [4.78, 5) is 28.5. The number of aromatic nitrogens is 5. The average molecular weight is 590 g/mol. The van der Waals surface area contributed by atoms with Crippen LogP contribution in [-0.2, 0) is 35.3 Å². The summed E-state index contributed by atoms with van der Waals surface area (Å²) < 4.78 is 54.9. The van der Waals surface area contributed by atoms with Gasteiger partial charge >= 0.3 is 6.36 Å². The van der Waals surface area contributed by atoms with Gasteiger partial charge in [0.25, 0.3) is 0 Å². The van der Waals surface area contributed by atoms with Gasteiger partial charge in [-0.2, -0.15) is 5.10 Å². The maximum atomic E-state index is 14.0. The summed E-state index contributed by atoms with van der Waals surface area (Å²) in [5.41, 5.74) is 1.09. The Balaban J connectivity index is 1.17. The van der Waals surface area contributed by atoms with Crippen LogP contribution < -0.4 is 15.4 Å². The van der Waals surface area contributed by atoms with E-state index in [4.69, 9.17) is 0 Å². The molecule has 41 heavy (non-hydrogen) atoms. The molecule has 0 spiro atoms. The van der Waals surface area contributed by atoms with Crippen LogP contribution in [-0.4, -0.2) is 43.6 Å². The van der Waals surface area contributed by atoms with Gasteiger partial charge in [0.2, 0.25) is 16.9 Å². The predicted octanol–water partition coefficient (Wildman–Crippen LogP) is 4.69. The molecule has 0 atom stereocenters. The number of benzene rings is 1. The fourth-order valence-electron chi connectivity index (χ4n) is 3.62. The van der Waals surface area contributed by atoms with Gasteiger partial charge in [0.1, 0.15) is 16.6 Å². The van der Waals surface area contributed by atoms with Gasteiger partial charge in [0, 0.05) is 23.9 Å². The standard InChI is InChI=1S/C26H23F4N7O3S/c27-20-10-9-19(40-26(28,29)30)13-16(20)14-22(38)32-21-11-8-17(34-35-21)5-1-2-7-24-36-37-25(41-24)33-23(39)15-18-6-3-4-12-31-18/h3-4,6,8-13H,1-2,5,7,14-15H2,(H,32,35,38)(H,33,37,39). The lowest BCUT2D eigenvalue weighted by Crippen LogP contribution is -2.18. The smallest absolute Gasteiger partial charge is 0.406 e. The van der Waals surface area contributed by atoms with Gasteiger partial charge in [0.05, 0.1) is 18.5 Å². The summed E-state index contributed by atoms with van der Waals surface area (Å²) in [6.07, 6.45) is -0.836. The van der Waals surface area contributed by atoms with Crippen molar-refractivity contribution in [3.05, 3.63) is 82.5 Å². The van der Waals surface area contributed by atoms with E-state index < -0.39 is 30.3 Å². The summed E-state index contributed by atoms with van der Waals surface area (Å²) >= 11 is 1.31. The molecule has 2 amide bonds. The largest absolute Gasteiger partial charge is 0.573 e. The molecule has 3 aromatic heterocycles. The second kappa shape index (κ2) is 13.7. The van der Waals surface area contributed by atoms with Crippen molar-refractivity contribution in [1.82, 2.24) is 25.4 Å². The highest BCUT2D eigenvalue weighted by Gasteiger charge is 2.31. The number of hydrogen-bond donors (Lipinski definition) is 2. The molecule has 0 saturated carbocycles. The molecule has 0 radical (unpaired) electrons. The molecule has 3 heterocycles. The van der Waals surface area contributed by atoms with E-state index in [0.29, 0.717) is 29.4 Å². The molecule has 15 heteroatoms. The Morgan fingerprint density at radius 3 is 2.39 bits per heavy atom. The third-order valence-corrected chi connectivity index (χ3v) is 6.34. The Kier molecular flexibility index (Phi) is 9.84. The summed E-state index contributed by atoms with van der Waals surface area (Å²) in [7, 11) is 0. The monoisotopic (exact) mass is 589 g/mol. The zero-order valence-electron chi connectivity index (χ0n) is 21.3. The van der Waals surface area contributed by atoms with E-state index in [9.17, 15) is 27.2 Å². The highest BCUT2D eigenvalue weighted by atomic mass is 32.1. The Morgan fingerprint density at radius 1 is 0.854 bits per heavy atom. The van der Waals surface area contributed by atoms with Crippen molar-refractivity contribution in [2.45, 2.75) is 44.9 Å². The molecule has 0 unspecified atom stereocenters. The number of amides is 2. The fourth-order valence-corrected chi connectivity index (χ4v) is 4.42. The van der Waals surface area contributed by atoms with Crippen LogP contribution in [0.25, 0.3) is 0 Å². The van der Waals surface area contributed by atoms with Crippen LogP contribution in [0.4, 0.5) is 28.5 Å². The molecule has 0 bridgehead atoms. The number of halogens is 4. The van der Waals surface area contributed by atoms with Crippen molar-refractivity contribution < 1.29 is 31.9 Å². The summed E-state index contributed by atoms with van der Waals surface area (Å²) in [6.45, 7) is 0. The number of pyridine rings is 1. The molecule has 1 aromatic carbocycles. The maximum absolute atomic E-state index is 14.0. The summed E-state index contributed by atoms with van der Waals surface area (Å²) in [6, 6.07) is 11.0. The number of hydrogen-bond acceptors (Lipinski definition) is 9. The number of ether oxygens (including phenoxy) is 1. The minimum Gasteiger partial charge on any atom is -0.406 e. The molecule has 4 aromatic rings. The molecular formula is C26H23F4N7O3S. The number of aryl methyl sites for hydroxylation is 2. The molecule has 4 rings (SSSR count). The van der Waals surface area contributed by atoms with E-state index in [2.05, 4.69) is 40.7 Å². The van der Waals surface area contributed by atoms with E-state index in [1.807, 2.05) is 6.07 Å². The first-order chi connectivity index (χ1) is 19.6. The highest BCUT2D eigenvalue weighted by Crippen LogP contribution is 2.25. The third-order valence-electron chi connectivity index (χ3n) is 5.44. The van der Waals surface area contributed by atoms with Crippen molar-refractivity contribution in [1.29, 1.82) is 0 Å². The predicted molar refractivity (Wildman–Crippen MR) is 141 cm³/mol. The SMILES string of the molecule is O=C(Cc1cc(OC(F)(F)F)ccc1F)Nc1ccc(CCCCc2nnc(NC(=O)Cc3ccccn3)s2)nn1. The summed E-state index contributed by atoms with van der Waals surface area (Å²) in [5, 5.41) is 22.5. The normalized spacial score (nSPS) is 11.2.